The van der Waals surface area contributed by atoms with Crippen molar-refractivity contribution in [1.82, 2.24) is 5.32 Å². The normalized spacial score (nSPS) is 10.9. The first-order valence-corrected chi connectivity index (χ1v) is 6.32. The number of hydrogen-bond donors (Lipinski definition) is 2. The van der Waals surface area contributed by atoms with Gasteiger partial charge in [-0.1, -0.05) is 0 Å². The molecule has 1 aromatic rings. The number of amides is 1. The van der Waals surface area contributed by atoms with Gasteiger partial charge in [0.2, 0.25) is 5.91 Å². The summed E-state index contributed by atoms with van der Waals surface area (Å²) in [6, 6.07) is 3.26. The standard InChI is InChI=1S/C13H14BrNO5/c1-7(16)15-10(13(17)18)5-8-4-9(14)12(20-3)11(6-8)19-2/h4-6H,1-3H3,(H,15,16)(H,17,18). The molecule has 0 atom stereocenters. The van der Waals surface area contributed by atoms with E-state index < -0.39 is 11.9 Å². The van der Waals surface area contributed by atoms with Crippen LogP contribution in [0.2, 0.25) is 0 Å². The molecule has 0 aromatic heterocycles. The van der Waals surface area contributed by atoms with Crippen LogP contribution in [0.4, 0.5) is 0 Å². The van der Waals surface area contributed by atoms with E-state index in [-0.39, 0.29) is 5.70 Å². The molecule has 0 aliphatic rings. The van der Waals surface area contributed by atoms with Gasteiger partial charge < -0.3 is 19.9 Å². The number of benzene rings is 1. The topological polar surface area (TPSA) is 84.9 Å². The third-order valence-electron chi connectivity index (χ3n) is 2.31. The SMILES string of the molecule is COc1cc(C=C(NC(C)=O)C(=O)O)cc(Br)c1OC. The molecule has 7 heteroatoms. The Morgan fingerprint density at radius 2 is 1.95 bits per heavy atom. The van der Waals surface area contributed by atoms with Crippen LogP contribution in [0.25, 0.3) is 6.08 Å². The zero-order valence-electron chi connectivity index (χ0n) is 11.2. The predicted octanol–water partition coefficient (Wildman–Crippen LogP) is 2.03. The molecule has 0 spiro atoms. The fraction of sp³-hybridized carbons (Fsp3) is 0.231. The van der Waals surface area contributed by atoms with E-state index in [1.54, 1.807) is 12.1 Å². The van der Waals surface area contributed by atoms with E-state index in [1.807, 2.05) is 0 Å². The molecule has 0 aliphatic heterocycles. The highest BCUT2D eigenvalue weighted by Crippen LogP contribution is 2.36. The maximum absolute atomic E-state index is 11.1. The Balaban J connectivity index is 3.28. The van der Waals surface area contributed by atoms with Gasteiger partial charge >= 0.3 is 5.97 Å². The summed E-state index contributed by atoms with van der Waals surface area (Å²) < 4.78 is 10.9. The smallest absolute Gasteiger partial charge is 0.352 e. The average Bonchev–Trinajstić information content (AvgIpc) is 2.36. The van der Waals surface area contributed by atoms with Gasteiger partial charge in [-0.3, -0.25) is 4.79 Å². The second-order valence-electron chi connectivity index (χ2n) is 3.78. The molecular formula is C13H14BrNO5. The number of carboxylic acid groups (broad SMARTS) is 1. The molecule has 6 nitrogen and oxygen atoms in total. The molecule has 0 radical (unpaired) electrons. The van der Waals surface area contributed by atoms with Gasteiger partial charge in [-0.2, -0.15) is 0 Å². The van der Waals surface area contributed by atoms with Crippen molar-refractivity contribution in [2.45, 2.75) is 6.92 Å². The van der Waals surface area contributed by atoms with Gasteiger partial charge in [0.25, 0.3) is 0 Å². The fourth-order valence-electron chi connectivity index (χ4n) is 1.53. The summed E-state index contributed by atoms with van der Waals surface area (Å²) in [5, 5.41) is 11.3. The Morgan fingerprint density at radius 3 is 2.40 bits per heavy atom. The molecule has 1 rings (SSSR count). The predicted molar refractivity (Wildman–Crippen MR) is 76.7 cm³/mol. The minimum absolute atomic E-state index is 0.225. The fourth-order valence-corrected chi connectivity index (χ4v) is 2.15. The first-order chi connectivity index (χ1) is 9.38. The molecule has 0 saturated carbocycles. The van der Waals surface area contributed by atoms with Crippen molar-refractivity contribution in [2.24, 2.45) is 0 Å². The molecule has 0 saturated heterocycles. The van der Waals surface area contributed by atoms with Crippen molar-refractivity contribution in [3.63, 3.8) is 0 Å². The van der Waals surface area contributed by atoms with Crippen LogP contribution in [0.15, 0.2) is 22.3 Å². The molecule has 0 bridgehead atoms. The van der Waals surface area contributed by atoms with Crippen molar-refractivity contribution >= 4 is 33.9 Å². The zero-order valence-corrected chi connectivity index (χ0v) is 12.8. The lowest BCUT2D eigenvalue weighted by atomic mass is 10.1. The summed E-state index contributed by atoms with van der Waals surface area (Å²) in [7, 11) is 2.97. The molecule has 1 amide bonds. The molecule has 20 heavy (non-hydrogen) atoms. The third-order valence-corrected chi connectivity index (χ3v) is 2.90. The van der Waals surface area contributed by atoms with Gasteiger partial charge in [-0.15, -0.1) is 0 Å². The summed E-state index contributed by atoms with van der Waals surface area (Å²) in [6.07, 6.45) is 1.33. The Kier molecular flexibility index (Phi) is 5.57. The van der Waals surface area contributed by atoms with Gasteiger partial charge in [-0.05, 0) is 39.7 Å². The van der Waals surface area contributed by atoms with E-state index in [0.29, 0.717) is 21.5 Å². The number of hydrogen-bond acceptors (Lipinski definition) is 4. The Bertz CT molecular complexity index is 568. The third kappa shape index (κ3) is 3.99. The molecule has 0 fully saturated rings. The lowest BCUT2D eigenvalue weighted by Gasteiger charge is -2.11. The summed E-state index contributed by atoms with van der Waals surface area (Å²) >= 11 is 3.31. The van der Waals surface area contributed by atoms with Gasteiger partial charge in [0, 0.05) is 6.92 Å². The number of ether oxygens (including phenoxy) is 2. The Labute approximate surface area is 124 Å². The summed E-state index contributed by atoms with van der Waals surface area (Å²) in [5.41, 5.74) is 0.317. The van der Waals surface area contributed by atoms with Crippen LogP contribution in [0.1, 0.15) is 12.5 Å². The molecule has 1 aromatic carbocycles. The van der Waals surface area contributed by atoms with Crippen LogP contribution < -0.4 is 14.8 Å². The van der Waals surface area contributed by atoms with Crippen molar-refractivity contribution < 1.29 is 24.2 Å². The van der Waals surface area contributed by atoms with E-state index >= 15 is 0 Å². The Hall–Kier alpha value is -2.02. The van der Waals surface area contributed by atoms with Crippen LogP contribution in [-0.4, -0.2) is 31.2 Å². The van der Waals surface area contributed by atoms with Gasteiger partial charge in [0.1, 0.15) is 5.70 Å². The highest BCUT2D eigenvalue weighted by Gasteiger charge is 2.13. The van der Waals surface area contributed by atoms with Crippen LogP contribution >= 0.6 is 15.9 Å². The summed E-state index contributed by atoms with van der Waals surface area (Å²) in [6.45, 7) is 1.24. The van der Waals surface area contributed by atoms with Crippen LogP contribution in [0.5, 0.6) is 11.5 Å². The second kappa shape index (κ2) is 6.95. The lowest BCUT2D eigenvalue weighted by Crippen LogP contribution is -2.24. The number of carboxylic acids is 1. The molecule has 0 heterocycles. The second-order valence-corrected chi connectivity index (χ2v) is 4.64. The number of aliphatic carboxylic acids is 1. The molecule has 0 aliphatic carbocycles. The molecule has 108 valence electrons. The maximum atomic E-state index is 11.1. The first-order valence-electron chi connectivity index (χ1n) is 5.53. The number of carbonyl (C=O) groups is 2. The van der Waals surface area contributed by atoms with Crippen LogP contribution in [0.3, 0.4) is 0 Å². The van der Waals surface area contributed by atoms with Gasteiger partial charge in [0.15, 0.2) is 11.5 Å². The van der Waals surface area contributed by atoms with E-state index in [4.69, 9.17) is 14.6 Å². The molecular weight excluding hydrogens is 330 g/mol. The Morgan fingerprint density at radius 1 is 1.30 bits per heavy atom. The summed E-state index contributed by atoms with van der Waals surface area (Å²) in [5.74, 6) is -0.744. The number of halogens is 1. The maximum Gasteiger partial charge on any atom is 0.352 e. The zero-order chi connectivity index (χ0) is 15.3. The number of carbonyl (C=O) groups excluding carboxylic acids is 1. The van der Waals surface area contributed by atoms with E-state index in [0.717, 1.165) is 0 Å². The number of rotatable bonds is 5. The van der Waals surface area contributed by atoms with E-state index in [9.17, 15) is 9.59 Å². The monoisotopic (exact) mass is 343 g/mol. The minimum Gasteiger partial charge on any atom is -0.493 e. The highest BCUT2D eigenvalue weighted by molar-refractivity contribution is 9.10. The average molecular weight is 344 g/mol. The minimum atomic E-state index is -1.23. The quantitative estimate of drug-likeness (QED) is 0.799. The van der Waals surface area contributed by atoms with Crippen molar-refractivity contribution in [3.8, 4) is 11.5 Å². The molecule has 0 unspecified atom stereocenters. The summed E-state index contributed by atoms with van der Waals surface area (Å²) in [4.78, 5) is 22.0. The van der Waals surface area contributed by atoms with Crippen molar-refractivity contribution in [2.75, 3.05) is 14.2 Å². The van der Waals surface area contributed by atoms with E-state index in [2.05, 4.69) is 21.2 Å². The number of nitrogens with one attached hydrogen (secondary N) is 1. The first kappa shape index (κ1) is 16.0. The van der Waals surface area contributed by atoms with Gasteiger partial charge in [0.05, 0.1) is 18.7 Å². The largest absolute Gasteiger partial charge is 0.493 e. The van der Waals surface area contributed by atoms with Gasteiger partial charge in [-0.25, -0.2) is 4.79 Å². The van der Waals surface area contributed by atoms with Crippen molar-refractivity contribution in [1.29, 1.82) is 0 Å². The number of methoxy groups -OCH3 is 2. The van der Waals surface area contributed by atoms with E-state index in [1.165, 1.54) is 27.2 Å². The lowest BCUT2D eigenvalue weighted by molar-refractivity contribution is -0.134. The van der Waals surface area contributed by atoms with Crippen molar-refractivity contribution in [3.05, 3.63) is 27.9 Å². The van der Waals surface area contributed by atoms with Crippen LogP contribution in [0, 0.1) is 0 Å². The molecule has 2 N–H and O–H groups in total. The highest BCUT2D eigenvalue weighted by atomic mass is 79.9. The van der Waals surface area contributed by atoms with Crippen LogP contribution in [-0.2, 0) is 9.59 Å².